The predicted molar refractivity (Wildman–Crippen MR) is 86.1 cm³/mol. The van der Waals surface area contributed by atoms with Gasteiger partial charge in [-0.05, 0) is 25.5 Å². The van der Waals surface area contributed by atoms with Crippen molar-refractivity contribution >= 4 is 26.1 Å². The van der Waals surface area contributed by atoms with E-state index in [4.69, 9.17) is 4.74 Å². The minimum Gasteiger partial charge on any atom is -0.373 e. The summed E-state index contributed by atoms with van der Waals surface area (Å²) >= 11 is 3.45. The van der Waals surface area contributed by atoms with Gasteiger partial charge in [-0.1, -0.05) is 34.1 Å². The summed E-state index contributed by atoms with van der Waals surface area (Å²) in [4.78, 5) is 0. The van der Waals surface area contributed by atoms with Gasteiger partial charge in [-0.3, -0.25) is 0 Å². The Morgan fingerprint density at radius 1 is 1.29 bits per heavy atom. The van der Waals surface area contributed by atoms with Crippen LogP contribution in [0.1, 0.15) is 19.4 Å². The van der Waals surface area contributed by atoms with Gasteiger partial charge < -0.3 is 4.74 Å². The molecule has 21 heavy (non-hydrogen) atoms. The molecular weight excluding hydrogens is 356 g/mol. The molecule has 1 aliphatic heterocycles. The van der Waals surface area contributed by atoms with E-state index in [0.717, 1.165) is 10.0 Å². The van der Waals surface area contributed by atoms with Crippen LogP contribution in [0.4, 0.5) is 0 Å². The van der Waals surface area contributed by atoms with Gasteiger partial charge in [0.1, 0.15) is 0 Å². The van der Waals surface area contributed by atoms with Crippen molar-refractivity contribution < 1.29 is 13.2 Å². The molecule has 1 heterocycles. The summed E-state index contributed by atoms with van der Waals surface area (Å²) in [6.45, 7) is 4.92. The fourth-order valence-electron chi connectivity index (χ4n) is 2.46. The maximum atomic E-state index is 12.7. The number of morpholine rings is 1. The highest BCUT2D eigenvalue weighted by Crippen LogP contribution is 2.21. The zero-order valence-corrected chi connectivity index (χ0v) is 14.9. The molecule has 1 fully saturated rings. The van der Waals surface area contributed by atoms with E-state index in [1.807, 2.05) is 38.1 Å². The molecule has 118 valence electrons. The van der Waals surface area contributed by atoms with Gasteiger partial charge in [0.2, 0.25) is 0 Å². The Bertz CT molecular complexity index is 584. The van der Waals surface area contributed by atoms with Crippen LogP contribution in [0.3, 0.4) is 0 Å². The molecule has 1 aliphatic rings. The molecule has 2 rings (SSSR count). The number of nitrogens with zero attached hydrogens (tertiary/aromatic N) is 2. The molecule has 0 aromatic heterocycles. The molecule has 0 bridgehead atoms. The molecule has 0 radical (unpaired) electrons. The molecule has 1 aromatic rings. The van der Waals surface area contributed by atoms with Crippen LogP contribution in [0.15, 0.2) is 28.7 Å². The van der Waals surface area contributed by atoms with Gasteiger partial charge in [-0.2, -0.15) is 17.0 Å². The van der Waals surface area contributed by atoms with Crippen molar-refractivity contribution in [2.45, 2.75) is 32.6 Å². The SMILES string of the molecule is C[C@@H]1CN(S(=O)(=O)N(C)Cc2ccccc2Br)C[C@H](C)O1. The Hall–Kier alpha value is -0.470. The van der Waals surface area contributed by atoms with E-state index < -0.39 is 10.2 Å². The minimum absolute atomic E-state index is 0.0830. The molecule has 2 atom stereocenters. The van der Waals surface area contributed by atoms with Crippen LogP contribution in [0.25, 0.3) is 0 Å². The third-order valence-corrected chi connectivity index (χ3v) is 6.10. The summed E-state index contributed by atoms with van der Waals surface area (Å²) < 4.78 is 34.7. The van der Waals surface area contributed by atoms with Crippen LogP contribution in [-0.2, 0) is 21.5 Å². The van der Waals surface area contributed by atoms with Gasteiger partial charge in [-0.25, -0.2) is 0 Å². The molecule has 0 amide bonds. The van der Waals surface area contributed by atoms with Gasteiger partial charge in [0.25, 0.3) is 10.2 Å². The van der Waals surface area contributed by atoms with Crippen LogP contribution in [-0.4, -0.2) is 49.4 Å². The second kappa shape index (κ2) is 6.75. The van der Waals surface area contributed by atoms with Crippen molar-refractivity contribution in [1.29, 1.82) is 0 Å². The van der Waals surface area contributed by atoms with Gasteiger partial charge in [0, 0.05) is 31.2 Å². The van der Waals surface area contributed by atoms with Gasteiger partial charge in [0.05, 0.1) is 12.2 Å². The smallest absolute Gasteiger partial charge is 0.282 e. The van der Waals surface area contributed by atoms with Crippen LogP contribution < -0.4 is 0 Å². The fraction of sp³-hybridized carbons (Fsp3) is 0.571. The van der Waals surface area contributed by atoms with E-state index in [-0.39, 0.29) is 12.2 Å². The fourth-order valence-corrected chi connectivity index (χ4v) is 4.37. The molecule has 1 aromatic carbocycles. The summed E-state index contributed by atoms with van der Waals surface area (Å²) in [5, 5.41) is 0. The first-order valence-corrected chi connectivity index (χ1v) is 9.10. The van der Waals surface area contributed by atoms with Crippen LogP contribution >= 0.6 is 15.9 Å². The van der Waals surface area contributed by atoms with E-state index in [0.29, 0.717) is 19.6 Å². The molecular formula is C14H21BrN2O3S. The zero-order valence-electron chi connectivity index (χ0n) is 12.5. The van der Waals surface area contributed by atoms with Crippen molar-refractivity contribution in [1.82, 2.24) is 8.61 Å². The molecule has 0 N–H and O–H groups in total. The van der Waals surface area contributed by atoms with Crippen molar-refractivity contribution in [2.24, 2.45) is 0 Å². The first-order chi connectivity index (χ1) is 9.80. The van der Waals surface area contributed by atoms with Gasteiger partial charge in [-0.15, -0.1) is 0 Å². The normalized spacial score (nSPS) is 24.4. The monoisotopic (exact) mass is 376 g/mol. The third-order valence-electron chi connectivity index (χ3n) is 3.46. The molecule has 0 spiro atoms. The first kappa shape index (κ1) is 16.9. The summed E-state index contributed by atoms with van der Waals surface area (Å²) in [7, 11) is -1.87. The lowest BCUT2D eigenvalue weighted by atomic mass is 10.2. The van der Waals surface area contributed by atoms with Crippen LogP contribution in [0.2, 0.25) is 0 Å². The highest BCUT2D eigenvalue weighted by atomic mass is 79.9. The quantitative estimate of drug-likeness (QED) is 0.809. The number of halogens is 1. The first-order valence-electron chi connectivity index (χ1n) is 6.91. The highest BCUT2D eigenvalue weighted by molar-refractivity contribution is 9.10. The Balaban J connectivity index is 2.13. The molecule has 5 nitrogen and oxygen atoms in total. The number of hydrogen-bond acceptors (Lipinski definition) is 3. The maximum Gasteiger partial charge on any atom is 0.282 e. The lowest BCUT2D eigenvalue weighted by Gasteiger charge is -2.36. The number of ether oxygens (including phenoxy) is 1. The van der Waals surface area contributed by atoms with Crippen LogP contribution in [0, 0.1) is 0 Å². The highest BCUT2D eigenvalue weighted by Gasteiger charge is 2.33. The largest absolute Gasteiger partial charge is 0.373 e. The third kappa shape index (κ3) is 4.04. The van der Waals surface area contributed by atoms with Gasteiger partial charge >= 0.3 is 0 Å². The number of rotatable bonds is 4. The maximum absolute atomic E-state index is 12.7. The Morgan fingerprint density at radius 3 is 2.43 bits per heavy atom. The summed E-state index contributed by atoms with van der Waals surface area (Å²) in [5.74, 6) is 0. The average Bonchev–Trinajstić information content (AvgIpc) is 2.40. The Morgan fingerprint density at radius 2 is 1.86 bits per heavy atom. The lowest BCUT2D eigenvalue weighted by Crippen LogP contribution is -2.52. The van der Waals surface area contributed by atoms with Crippen molar-refractivity contribution in [3.8, 4) is 0 Å². The number of hydrogen-bond donors (Lipinski definition) is 0. The van der Waals surface area contributed by atoms with E-state index in [1.165, 1.54) is 8.61 Å². The topological polar surface area (TPSA) is 49.9 Å². The standard InChI is InChI=1S/C14H21BrN2O3S/c1-11-8-17(9-12(2)20-11)21(18,19)16(3)10-13-6-4-5-7-14(13)15/h4-7,11-12H,8-10H2,1-3H3/t11-,12+. The van der Waals surface area contributed by atoms with E-state index in [1.54, 1.807) is 7.05 Å². The molecule has 1 saturated heterocycles. The summed E-state index contributed by atoms with van der Waals surface area (Å²) in [6, 6.07) is 7.64. The molecule has 0 saturated carbocycles. The van der Waals surface area contributed by atoms with Crippen molar-refractivity contribution in [3.05, 3.63) is 34.3 Å². The molecule has 7 heteroatoms. The van der Waals surface area contributed by atoms with E-state index >= 15 is 0 Å². The Kier molecular flexibility index (Phi) is 5.43. The summed E-state index contributed by atoms with van der Waals surface area (Å²) in [5.41, 5.74) is 0.943. The Labute approximate surface area is 135 Å². The molecule has 0 aliphatic carbocycles. The molecule has 0 unspecified atom stereocenters. The second-order valence-corrected chi connectivity index (χ2v) is 8.32. The second-order valence-electron chi connectivity index (χ2n) is 5.43. The number of benzene rings is 1. The van der Waals surface area contributed by atoms with Gasteiger partial charge in [0.15, 0.2) is 0 Å². The van der Waals surface area contributed by atoms with Crippen molar-refractivity contribution in [3.63, 3.8) is 0 Å². The zero-order chi connectivity index (χ0) is 15.6. The van der Waals surface area contributed by atoms with E-state index in [9.17, 15) is 8.42 Å². The predicted octanol–water partition coefficient (Wildman–Crippen LogP) is 2.23. The summed E-state index contributed by atoms with van der Waals surface area (Å²) in [6.07, 6.45) is -0.166. The van der Waals surface area contributed by atoms with E-state index in [2.05, 4.69) is 15.9 Å². The average molecular weight is 377 g/mol. The minimum atomic E-state index is -3.48. The van der Waals surface area contributed by atoms with Crippen molar-refractivity contribution in [2.75, 3.05) is 20.1 Å². The van der Waals surface area contributed by atoms with Crippen LogP contribution in [0.5, 0.6) is 0 Å². The lowest BCUT2D eigenvalue weighted by molar-refractivity contribution is -0.0453.